The lowest BCUT2D eigenvalue weighted by Gasteiger charge is -2.18. The second-order valence-corrected chi connectivity index (χ2v) is 4.39. The topological polar surface area (TPSA) is 83.7 Å². The summed E-state index contributed by atoms with van der Waals surface area (Å²) in [7, 11) is 1.55. The smallest absolute Gasteiger partial charge is 0.305 e. The molecule has 0 aliphatic rings. The highest BCUT2D eigenvalue weighted by atomic mass is 35.5. The summed E-state index contributed by atoms with van der Waals surface area (Å²) in [5.74, 6) is -0.982. The SMILES string of the molecule is CN(CCC(=O)O)c1cc(Cl)c(Cl)cc1[N+](=O)[O-]. The van der Waals surface area contributed by atoms with Crippen LogP contribution < -0.4 is 4.90 Å². The maximum Gasteiger partial charge on any atom is 0.305 e. The van der Waals surface area contributed by atoms with E-state index < -0.39 is 10.9 Å². The minimum absolute atomic E-state index is 0.0822. The molecule has 0 spiro atoms. The predicted molar refractivity (Wildman–Crippen MR) is 68.6 cm³/mol. The number of carboxylic acids is 1. The molecule has 18 heavy (non-hydrogen) atoms. The highest BCUT2D eigenvalue weighted by Gasteiger charge is 2.20. The van der Waals surface area contributed by atoms with Crippen LogP contribution in [0.15, 0.2) is 12.1 Å². The number of hydrogen-bond acceptors (Lipinski definition) is 4. The normalized spacial score (nSPS) is 10.2. The molecular formula is C10H10Cl2N2O4. The van der Waals surface area contributed by atoms with E-state index in [-0.39, 0.29) is 34.4 Å². The van der Waals surface area contributed by atoms with Gasteiger partial charge in [0.2, 0.25) is 0 Å². The van der Waals surface area contributed by atoms with Gasteiger partial charge in [0.25, 0.3) is 5.69 Å². The van der Waals surface area contributed by atoms with Crippen LogP contribution in [0.5, 0.6) is 0 Å². The number of carbonyl (C=O) groups is 1. The van der Waals surface area contributed by atoms with Crippen molar-refractivity contribution in [3.05, 3.63) is 32.3 Å². The first-order valence-electron chi connectivity index (χ1n) is 4.89. The molecule has 0 saturated carbocycles. The summed E-state index contributed by atoms with van der Waals surface area (Å²) in [6, 6.07) is 2.50. The Morgan fingerprint density at radius 3 is 2.50 bits per heavy atom. The van der Waals surface area contributed by atoms with Crippen molar-refractivity contribution in [2.24, 2.45) is 0 Å². The number of nitro groups is 1. The van der Waals surface area contributed by atoms with E-state index in [1.165, 1.54) is 11.0 Å². The van der Waals surface area contributed by atoms with Crippen LogP contribution in [0.1, 0.15) is 6.42 Å². The predicted octanol–water partition coefficient (Wildman–Crippen LogP) is 2.81. The van der Waals surface area contributed by atoms with Gasteiger partial charge in [0.05, 0.1) is 21.4 Å². The van der Waals surface area contributed by atoms with Crippen LogP contribution in [0, 0.1) is 10.1 Å². The summed E-state index contributed by atoms with van der Waals surface area (Å²) >= 11 is 11.5. The molecule has 1 aromatic rings. The highest BCUT2D eigenvalue weighted by molar-refractivity contribution is 6.42. The Balaban J connectivity index is 3.09. The second kappa shape index (κ2) is 5.88. The number of rotatable bonds is 5. The van der Waals surface area contributed by atoms with Crippen molar-refractivity contribution in [3.63, 3.8) is 0 Å². The Hall–Kier alpha value is -1.53. The lowest BCUT2D eigenvalue weighted by Crippen LogP contribution is -2.21. The second-order valence-electron chi connectivity index (χ2n) is 3.58. The lowest BCUT2D eigenvalue weighted by molar-refractivity contribution is -0.384. The third-order valence-corrected chi connectivity index (χ3v) is 3.01. The molecule has 0 aliphatic carbocycles. The molecule has 0 bridgehead atoms. The molecule has 1 N–H and O–H groups in total. The van der Waals surface area contributed by atoms with Crippen molar-refractivity contribution in [2.45, 2.75) is 6.42 Å². The van der Waals surface area contributed by atoms with Crippen molar-refractivity contribution in [1.82, 2.24) is 0 Å². The van der Waals surface area contributed by atoms with Crippen LogP contribution in [-0.2, 0) is 4.79 Å². The van der Waals surface area contributed by atoms with Gasteiger partial charge in [-0.05, 0) is 6.07 Å². The molecule has 0 atom stereocenters. The molecule has 98 valence electrons. The van der Waals surface area contributed by atoms with Gasteiger partial charge in [0, 0.05) is 19.7 Å². The summed E-state index contributed by atoms with van der Waals surface area (Å²) in [6.45, 7) is 0.133. The Labute approximate surface area is 113 Å². The standard InChI is InChI=1S/C10H10Cl2N2O4/c1-13(3-2-10(15)16)8-4-6(11)7(12)5-9(8)14(17)18/h4-5H,2-3H2,1H3,(H,15,16). The zero-order valence-electron chi connectivity index (χ0n) is 9.39. The molecule has 0 unspecified atom stereocenters. The zero-order chi connectivity index (χ0) is 13.9. The van der Waals surface area contributed by atoms with Gasteiger partial charge in [0.15, 0.2) is 0 Å². The van der Waals surface area contributed by atoms with Gasteiger partial charge in [-0.25, -0.2) is 0 Å². The monoisotopic (exact) mass is 292 g/mol. The Morgan fingerprint density at radius 2 is 2.00 bits per heavy atom. The number of nitro benzene ring substituents is 1. The van der Waals surface area contributed by atoms with E-state index in [1.54, 1.807) is 7.05 Å². The Kier molecular flexibility index (Phi) is 4.75. The van der Waals surface area contributed by atoms with Crippen molar-refractivity contribution in [1.29, 1.82) is 0 Å². The van der Waals surface area contributed by atoms with E-state index in [0.717, 1.165) is 6.07 Å². The van der Waals surface area contributed by atoms with Crippen LogP contribution in [0.4, 0.5) is 11.4 Å². The molecule has 6 nitrogen and oxygen atoms in total. The summed E-state index contributed by atoms with van der Waals surface area (Å²) in [4.78, 5) is 22.2. The molecule has 0 fully saturated rings. The fourth-order valence-corrected chi connectivity index (χ4v) is 1.68. The van der Waals surface area contributed by atoms with E-state index in [0.29, 0.717) is 0 Å². The van der Waals surface area contributed by atoms with E-state index in [2.05, 4.69) is 0 Å². The molecule has 0 aliphatic heterocycles. The third-order valence-electron chi connectivity index (χ3n) is 2.29. The van der Waals surface area contributed by atoms with E-state index in [4.69, 9.17) is 28.3 Å². The van der Waals surface area contributed by atoms with Gasteiger partial charge in [-0.1, -0.05) is 23.2 Å². The van der Waals surface area contributed by atoms with Gasteiger partial charge >= 0.3 is 5.97 Å². The van der Waals surface area contributed by atoms with Crippen molar-refractivity contribution in [3.8, 4) is 0 Å². The van der Waals surface area contributed by atoms with E-state index in [9.17, 15) is 14.9 Å². The number of hydrogen-bond donors (Lipinski definition) is 1. The van der Waals surface area contributed by atoms with E-state index in [1.807, 2.05) is 0 Å². The molecule has 0 aromatic heterocycles. The molecule has 0 heterocycles. The van der Waals surface area contributed by atoms with Crippen LogP contribution in [0.25, 0.3) is 0 Å². The molecule has 8 heteroatoms. The third kappa shape index (κ3) is 3.48. The van der Waals surface area contributed by atoms with Gasteiger partial charge < -0.3 is 10.0 Å². The first-order chi connectivity index (χ1) is 8.32. The quantitative estimate of drug-likeness (QED) is 0.666. The van der Waals surface area contributed by atoms with Crippen molar-refractivity contribution < 1.29 is 14.8 Å². The van der Waals surface area contributed by atoms with Crippen LogP contribution in [0.3, 0.4) is 0 Å². The lowest BCUT2D eigenvalue weighted by atomic mass is 10.2. The van der Waals surface area contributed by atoms with Gasteiger partial charge in [0.1, 0.15) is 5.69 Å². The number of anilines is 1. The number of aliphatic carboxylic acids is 1. The average Bonchev–Trinajstić information content (AvgIpc) is 2.28. The van der Waals surface area contributed by atoms with Gasteiger partial charge in [-0.2, -0.15) is 0 Å². The van der Waals surface area contributed by atoms with Gasteiger partial charge in [-0.15, -0.1) is 0 Å². The molecule has 1 aromatic carbocycles. The van der Waals surface area contributed by atoms with Gasteiger partial charge in [-0.3, -0.25) is 14.9 Å². The Morgan fingerprint density at radius 1 is 1.44 bits per heavy atom. The Bertz CT molecular complexity index is 493. The number of benzene rings is 1. The molecular weight excluding hydrogens is 283 g/mol. The van der Waals surface area contributed by atoms with Crippen molar-refractivity contribution >= 4 is 40.5 Å². The van der Waals surface area contributed by atoms with Crippen LogP contribution in [-0.4, -0.2) is 29.6 Å². The summed E-state index contributed by atoms with van der Waals surface area (Å²) in [5, 5.41) is 19.7. The number of halogens is 2. The minimum atomic E-state index is -0.982. The molecule has 1 rings (SSSR count). The maximum absolute atomic E-state index is 10.9. The molecule has 0 radical (unpaired) electrons. The summed E-state index contributed by atoms with van der Waals surface area (Å²) in [6.07, 6.45) is -0.131. The first-order valence-corrected chi connectivity index (χ1v) is 5.65. The fourth-order valence-electron chi connectivity index (χ4n) is 1.36. The van der Waals surface area contributed by atoms with Crippen LogP contribution in [0.2, 0.25) is 10.0 Å². The number of nitrogens with zero attached hydrogens (tertiary/aromatic N) is 2. The summed E-state index contributed by atoms with van der Waals surface area (Å²) < 4.78 is 0. The first kappa shape index (κ1) is 14.5. The zero-order valence-corrected chi connectivity index (χ0v) is 10.9. The summed E-state index contributed by atoms with van der Waals surface area (Å²) in [5.41, 5.74) is 0.0212. The molecule has 0 amide bonds. The largest absolute Gasteiger partial charge is 0.481 e. The molecule has 0 saturated heterocycles. The fraction of sp³-hybridized carbons (Fsp3) is 0.300. The van der Waals surface area contributed by atoms with E-state index >= 15 is 0 Å². The average molecular weight is 293 g/mol. The highest BCUT2D eigenvalue weighted by Crippen LogP contribution is 2.35. The van der Waals surface area contributed by atoms with Crippen molar-refractivity contribution in [2.75, 3.05) is 18.5 Å². The maximum atomic E-state index is 10.9. The minimum Gasteiger partial charge on any atom is -0.481 e. The van der Waals surface area contributed by atoms with Crippen LogP contribution >= 0.6 is 23.2 Å². The number of carboxylic acid groups (broad SMARTS) is 1.